The highest BCUT2D eigenvalue weighted by Crippen LogP contribution is 2.21. The van der Waals surface area contributed by atoms with Crippen LogP contribution in [-0.2, 0) is 6.61 Å². The van der Waals surface area contributed by atoms with E-state index >= 15 is 0 Å². The normalized spacial score (nSPS) is 12.5. The Morgan fingerprint density at radius 1 is 1.54 bits per heavy atom. The minimum Gasteiger partial charge on any atom is -0.508 e. The van der Waals surface area contributed by atoms with Gasteiger partial charge in [0.2, 0.25) is 0 Å². The van der Waals surface area contributed by atoms with E-state index in [1.807, 2.05) is 0 Å². The number of phenols is 1. The molecule has 0 aliphatic rings. The monoisotopic (exact) mass is 179 g/mol. The Bertz CT molecular complexity index is 310. The molecule has 1 aromatic carbocycles. The van der Waals surface area contributed by atoms with Crippen molar-refractivity contribution >= 4 is 0 Å². The van der Waals surface area contributed by atoms with Crippen molar-refractivity contribution in [3.8, 4) is 5.75 Å². The van der Waals surface area contributed by atoms with Crippen LogP contribution in [0.3, 0.4) is 0 Å². The van der Waals surface area contributed by atoms with Gasteiger partial charge in [0, 0.05) is 6.04 Å². The second-order valence-electron chi connectivity index (χ2n) is 2.80. The number of aromatic hydroxyl groups is 1. The van der Waals surface area contributed by atoms with Gasteiger partial charge < -0.3 is 15.9 Å². The molecule has 0 saturated heterocycles. The Hall–Kier alpha value is -1.32. The summed E-state index contributed by atoms with van der Waals surface area (Å²) in [6.07, 6.45) is 1.59. The van der Waals surface area contributed by atoms with Crippen molar-refractivity contribution in [3.63, 3.8) is 0 Å². The first-order valence-corrected chi connectivity index (χ1v) is 4.00. The van der Waals surface area contributed by atoms with Crippen molar-refractivity contribution in [2.24, 2.45) is 5.73 Å². The maximum Gasteiger partial charge on any atom is 0.115 e. The fourth-order valence-corrected chi connectivity index (χ4v) is 1.18. The first-order valence-electron chi connectivity index (χ1n) is 4.00. The maximum atomic E-state index is 9.15. The average Bonchev–Trinajstić information content (AvgIpc) is 2.16. The molecule has 0 fully saturated rings. The highest BCUT2D eigenvalue weighted by molar-refractivity contribution is 5.37. The zero-order valence-electron chi connectivity index (χ0n) is 7.27. The van der Waals surface area contributed by atoms with Crippen LogP contribution in [0.2, 0.25) is 0 Å². The molecule has 0 bridgehead atoms. The van der Waals surface area contributed by atoms with Crippen molar-refractivity contribution in [3.05, 3.63) is 42.0 Å². The first kappa shape index (κ1) is 9.77. The molecule has 1 unspecified atom stereocenters. The largest absolute Gasteiger partial charge is 0.508 e. The van der Waals surface area contributed by atoms with Crippen molar-refractivity contribution < 1.29 is 10.2 Å². The van der Waals surface area contributed by atoms with E-state index < -0.39 is 0 Å². The summed E-state index contributed by atoms with van der Waals surface area (Å²) in [4.78, 5) is 0. The van der Waals surface area contributed by atoms with Crippen LogP contribution in [0.25, 0.3) is 0 Å². The molecule has 3 heteroatoms. The van der Waals surface area contributed by atoms with Gasteiger partial charge in [-0.15, -0.1) is 6.58 Å². The summed E-state index contributed by atoms with van der Waals surface area (Å²) in [5, 5.41) is 18.1. The van der Waals surface area contributed by atoms with E-state index in [-0.39, 0.29) is 18.4 Å². The standard InChI is InChI=1S/C10H13NO2/c1-2-10(11)9-4-3-8(13)5-7(9)6-12/h2-5,10,12-13H,1,6,11H2. The van der Waals surface area contributed by atoms with Gasteiger partial charge in [-0.2, -0.15) is 0 Å². The van der Waals surface area contributed by atoms with Gasteiger partial charge in [-0.3, -0.25) is 0 Å². The molecule has 0 saturated carbocycles. The second-order valence-corrected chi connectivity index (χ2v) is 2.80. The molecular formula is C10H13NO2. The number of phenolic OH excluding ortho intramolecular Hbond substituents is 1. The lowest BCUT2D eigenvalue weighted by Gasteiger charge is -2.11. The summed E-state index contributed by atoms with van der Waals surface area (Å²) in [7, 11) is 0. The Morgan fingerprint density at radius 3 is 2.77 bits per heavy atom. The van der Waals surface area contributed by atoms with Crippen LogP contribution in [-0.4, -0.2) is 10.2 Å². The highest BCUT2D eigenvalue weighted by Gasteiger charge is 2.07. The van der Waals surface area contributed by atoms with Crippen molar-refractivity contribution in [1.29, 1.82) is 0 Å². The van der Waals surface area contributed by atoms with Gasteiger partial charge in [-0.05, 0) is 23.3 Å². The lowest BCUT2D eigenvalue weighted by atomic mass is 10.0. The summed E-state index contributed by atoms with van der Waals surface area (Å²) in [5.41, 5.74) is 7.13. The van der Waals surface area contributed by atoms with Crippen LogP contribution in [0.4, 0.5) is 0 Å². The van der Waals surface area contributed by atoms with Gasteiger partial charge in [0.1, 0.15) is 5.75 Å². The van der Waals surface area contributed by atoms with Crippen LogP contribution in [0.1, 0.15) is 17.2 Å². The molecule has 0 amide bonds. The van der Waals surface area contributed by atoms with Crippen LogP contribution in [0.15, 0.2) is 30.9 Å². The molecule has 3 nitrogen and oxygen atoms in total. The minimum absolute atomic E-state index is 0.129. The molecule has 0 heterocycles. The molecule has 0 radical (unpaired) electrons. The molecular weight excluding hydrogens is 166 g/mol. The molecule has 4 N–H and O–H groups in total. The summed E-state index contributed by atoms with van der Waals surface area (Å²) in [6, 6.07) is 4.42. The zero-order chi connectivity index (χ0) is 9.84. The van der Waals surface area contributed by atoms with Gasteiger partial charge in [0.25, 0.3) is 0 Å². The maximum absolute atomic E-state index is 9.15. The molecule has 1 rings (SSSR count). The van der Waals surface area contributed by atoms with E-state index in [2.05, 4.69) is 6.58 Å². The van der Waals surface area contributed by atoms with Crippen molar-refractivity contribution in [2.75, 3.05) is 0 Å². The zero-order valence-corrected chi connectivity index (χ0v) is 7.27. The minimum atomic E-state index is -0.303. The predicted molar refractivity (Wildman–Crippen MR) is 51.2 cm³/mol. The number of nitrogens with two attached hydrogens (primary N) is 1. The SMILES string of the molecule is C=CC(N)c1ccc(O)cc1CO. The van der Waals surface area contributed by atoms with Gasteiger partial charge >= 0.3 is 0 Å². The van der Waals surface area contributed by atoms with Crippen LogP contribution in [0.5, 0.6) is 5.75 Å². The third-order valence-electron chi connectivity index (χ3n) is 1.91. The molecule has 1 aromatic rings. The number of hydrogen-bond acceptors (Lipinski definition) is 3. The Kier molecular flexibility index (Phi) is 3.06. The summed E-state index contributed by atoms with van der Waals surface area (Å²) in [6.45, 7) is 3.43. The van der Waals surface area contributed by atoms with Gasteiger partial charge in [0.15, 0.2) is 0 Å². The third kappa shape index (κ3) is 2.08. The van der Waals surface area contributed by atoms with E-state index in [1.54, 1.807) is 12.1 Å². The van der Waals surface area contributed by atoms with Crippen molar-refractivity contribution in [2.45, 2.75) is 12.6 Å². The summed E-state index contributed by atoms with van der Waals surface area (Å²) < 4.78 is 0. The van der Waals surface area contributed by atoms with Gasteiger partial charge in [-0.25, -0.2) is 0 Å². The lowest BCUT2D eigenvalue weighted by molar-refractivity contribution is 0.279. The van der Waals surface area contributed by atoms with Gasteiger partial charge in [-0.1, -0.05) is 12.1 Å². The molecule has 0 spiro atoms. The van der Waals surface area contributed by atoms with Crippen LogP contribution < -0.4 is 5.73 Å². The number of benzene rings is 1. The third-order valence-corrected chi connectivity index (χ3v) is 1.91. The average molecular weight is 179 g/mol. The lowest BCUT2D eigenvalue weighted by Crippen LogP contribution is -2.09. The molecule has 0 aliphatic carbocycles. The fraction of sp³-hybridized carbons (Fsp3) is 0.200. The predicted octanol–water partition coefficient (Wildman–Crippen LogP) is 1.07. The van der Waals surface area contributed by atoms with Crippen molar-refractivity contribution in [1.82, 2.24) is 0 Å². The van der Waals surface area contributed by atoms with E-state index in [4.69, 9.17) is 15.9 Å². The number of hydrogen-bond donors (Lipinski definition) is 3. The summed E-state index contributed by atoms with van der Waals surface area (Å²) >= 11 is 0. The van der Waals surface area contributed by atoms with Crippen LogP contribution >= 0.6 is 0 Å². The molecule has 13 heavy (non-hydrogen) atoms. The first-order chi connectivity index (χ1) is 6.19. The number of rotatable bonds is 3. The van der Waals surface area contributed by atoms with E-state index in [0.717, 1.165) is 5.56 Å². The summed E-state index contributed by atoms with van der Waals surface area (Å²) in [5.74, 6) is 0.129. The molecule has 1 atom stereocenters. The van der Waals surface area contributed by atoms with Crippen LogP contribution in [0, 0.1) is 0 Å². The fourth-order valence-electron chi connectivity index (χ4n) is 1.18. The molecule has 0 aliphatic heterocycles. The number of aliphatic hydroxyl groups is 1. The topological polar surface area (TPSA) is 66.5 Å². The molecule has 70 valence electrons. The second kappa shape index (κ2) is 4.07. The Balaban J connectivity index is 3.12. The quantitative estimate of drug-likeness (QED) is 0.608. The Morgan fingerprint density at radius 2 is 2.23 bits per heavy atom. The number of aliphatic hydroxyl groups excluding tert-OH is 1. The molecule has 0 aromatic heterocycles. The smallest absolute Gasteiger partial charge is 0.115 e. The van der Waals surface area contributed by atoms with Gasteiger partial charge in [0.05, 0.1) is 6.61 Å². The van der Waals surface area contributed by atoms with E-state index in [1.165, 1.54) is 12.1 Å². The Labute approximate surface area is 77.1 Å². The van der Waals surface area contributed by atoms with E-state index in [9.17, 15) is 0 Å². The van der Waals surface area contributed by atoms with E-state index in [0.29, 0.717) is 5.56 Å². The highest BCUT2D eigenvalue weighted by atomic mass is 16.3.